The van der Waals surface area contributed by atoms with Crippen LogP contribution in [0.15, 0.2) is 48.6 Å². The van der Waals surface area contributed by atoms with Gasteiger partial charge < -0.3 is 39.4 Å². The Balaban J connectivity index is 2.33. The molecule has 1 saturated heterocycles. The molecule has 0 bridgehead atoms. The normalized spacial score (nSPS) is 20.9. The van der Waals surface area contributed by atoms with Crippen molar-refractivity contribution in [2.45, 2.75) is 211 Å². The molecule has 0 aromatic carbocycles. The second-order valence-corrected chi connectivity index (χ2v) is 15.2. The summed E-state index contributed by atoms with van der Waals surface area (Å²) in [4.78, 5) is 25.3. The summed E-state index contributed by atoms with van der Waals surface area (Å²) >= 11 is 0. The van der Waals surface area contributed by atoms with Crippen LogP contribution in [0.5, 0.6) is 0 Å². The van der Waals surface area contributed by atoms with Crippen molar-refractivity contribution in [1.82, 2.24) is 0 Å². The number of rotatable bonds is 36. The van der Waals surface area contributed by atoms with Gasteiger partial charge in [-0.2, -0.15) is 0 Å². The van der Waals surface area contributed by atoms with Crippen LogP contribution >= 0.6 is 0 Å². The van der Waals surface area contributed by atoms with Crippen molar-refractivity contribution in [2.24, 2.45) is 0 Å². The summed E-state index contributed by atoms with van der Waals surface area (Å²) in [6.45, 7) is 3.24. The van der Waals surface area contributed by atoms with Gasteiger partial charge in [0, 0.05) is 12.8 Å². The SMILES string of the molecule is CC/C=C/C=C/C=C/C=C/CCCCCC(=O)OC(COC(=O)CCCCCCCCCCCCCCCCCCCC)CO[C@H]1O[C@@H](CO)[C@@H](O)C(O)C1O. The molecule has 10 heteroatoms. The van der Waals surface area contributed by atoms with Gasteiger partial charge in [0.1, 0.15) is 31.0 Å². The van der Waals surface area contributed by atoms with Crippen molar-refractivity contribution in [3.05, 3.63) is 48.6 Å². The zero-order valence-electron chi connectivity index (χ0n) is 35.1. The van der Waals surface area contributed by atoms with Gasteiger partial charge in [-0.3, -0.25) is 9.59 Å². The highest BCUT2D eigenvalue weighted by Crippen LogP contribution is 2.22. The topological polar surface area (TPSA) is 152 Å². The Hall–Kier alpha value is -2.34. The van der Waals surface area contributed by atoms with Gasteiger partial charge in [-0.15, -0.1) is 0 Å². The van der Waals surface area contributed by atoms with E-state index in [9.17, 15) is 30.0 Å². The Bertz CT molecular complexity index is 1050. The minimum atomic E-state index is -1.60. The monoisotopic (exact) mass is 793 g/mol. The predicted molar refractivity (Wildman–Crippen MR) is 224 cm³/mol. The average Bonchev–Trinajstić information content (AvgIpc) is 3.19. The standard InChI is InChI=1S/C46H80O10/c1-3-5-7-9-11-13-15-17-18-19-20-21-23-24-26-28-30-32-34-41(48)53-37-39(38-54-46-45(52)44(51)43(50)40(36-47)56-46)55-42(49)35-33-31-29-27-25-22-16-14-12-10-8-6-4-2/h6,8,10,12,14,16,22,25,39-40,43-47,50-52H,3-5,7,9,11,13,15,17-21,23-24,26-38H2,1-2H3/b8-6+,12-10+,16-14+,25-22+/t39?,40-,43+,44?,45?,46-/m0/s1. The van der Waals surface area contributed by atoms with E-state index in [2.05, 4.69) is 26.0 Å². The fourth-order valence-electron chi connectivity index (χ4n) is 6.55. The van der Waals surface area contributed by atoms with E-state index in [-0.39, 0.29) is 32.0 Å². The van der Waals surface area contributed by atoms with Crippen LogP contribution in [0.1, 0.15) is 174 Å². The summed E-state index contributed by atoms with van der Waals surface area (Å²) in [5, 5.41) is 40.0. The van der Waals surface area contributed by atoms with Crippen LogP contribution in [0.25, 0.3) is 0 Å². The minimum Gasteiger partial charge on any atom is -0.462 e. The number of carbonyl (C=O) groups excluding carboxylic acids is 2. The second kappa shape index (κ2) is 37.0. The van der Waals surface area contributed by atoms with Crippen LogP contribution in [0.4, 0.5) is 0 Å². The number of carbonyl (C=O) groups is 2. The zero-order valence-corrected chi connectivity index (χ0v) is 35.1. The maximum Gasteiger partial charge on any atom is 0.306 e. The lowest BCUT2D eigenvalue weighted by molar-refractivity contribution is -0.305. The molecule has 324 valence electrons. The Kier molecular flexibility index (Phi) is 34.1. The van der Waals surface area contributed by atoms with E-state index in [1.807, 2.05) is 36.5 Å². The number of hydrogen-bond donors (Lipinski definition) is 4. The van der Waals surface area contributed by atoms with Crippen LogP contribution in [0, 0.1) is 0 Å². The van der Waals surface area contributed by atoms with Crippen molar-refractivity contribution in [2.75, 3.05) is 19.8 Å². The molecule has 1 aliphatic heterocycles. The highest BCUT2D eigenvalue weighted by molar-refractivity contribution is 5.70. The molecule has 10 nitrogen and oxygen atoms in total. The number of esters is 2. The Morgan fingerprint density at radius 3 is 1.59 bits per heavy atom. The van der Waals surface area contributed by atoms with Crippen molar-refractivity contribution >= 4 is 11.9 Å². The minimum absolute atomic E-state index is 0.184. The molecule has 1 rings (SSSR count). The Morgan fingerprint density at radius 2 is 1.05 bits per heavy atom. The average molecular weight is 793 g/mol. The van der Waals surface area contributed by atoms with Gasteiger partial charge in [-0.1, -0.05) is 178 Å². The Labute approximate surface area is 339 Å². The third-order valence-corrected chi connectivity index (χ3v) is 10.1. The molecule has 0 saturated carbocycles. The molecule has 3 unspecified atom stereocenters. The van der Waals surface area contributed by atoms with E-state index in [4.69, 9.17) is 18.9 Å². The molecule has 0 spiro atoms. The maximum absolute atomic E-state index is 12.7. The molecule has 1 aliphatic rings. The summed E-state index contributed by atoms with van der Waals surface area (Å²) in [6, 6.07) is 0. The van der Waals surface area contributed by atoms with Gasteiger partial charge in [-0.25, -0.2) is 0 Å². The van der Waals surface area contributed by atoms with Crippen LogP contribution in [0.2, 0.25) is 0 Å². The first-order valence-corrected chi connectivity index (χ1v) is 22.3. The predicted octanol–water partition coefficient (Wildman–Crippen LogP) is 9.27. The molecular weight excluding hydrogens is 712 g/mol. The first kappa shape index (κ1) is 51.7. The molecule has 4 N–H and O–H groups in total. The van der Waals surface area contributed by atoms with Crippen molar-refractivity contribution in [3.8, 4) is 0 Å². The summed E-state index contributed by atoms with van der Waals surface area (Å²) in [5.41, 5.74) is 0. The van der Waals surface area contributed by atoms with E-state index in [0.717, 1.165) is 44.9 Å². The quantitative estimate of drug-likeness (QED) is 0.0275. The lowest BCUT2D eigenvalue weighted by Crippen LogP contribution is -2.59. The summed E-state index contributed by atoms with van der Waals surface area (Å²) in [7, 11) is 0. The van der Waals surface area contributed by atoms with Crippen molar-refractivity contribution in [1.29, 1.82) is 0 Å². The van der Waals surface area contributed by atoms with Crippen LogP contribution < -0.4 is 0 Å². The van der Waals surface area contributed by atoms with Gasteiger partial charge in [0.2, 0.25) is 0 Å². The zero-order chi connectivity index (χ0) is 40.9. The molecule has 56 heavy (non-hydrogen) atoms. The van der Waals surface area contributed by atoms with Gasteiger partial charge >= 0.3 is 11.9 Å². The van der Waals surface area contributed by atoms with Gasteiger partial charge in [-0.05, 0) is 32.1 Å². The smallest absolute Gasteiger partial charge is 0.306 e. The fourth-order valence-corrected chi connectivity index (χ4v) is 6.55. The molecule has 0 aromatic rings. The number of aliphatic hydroxyl groups excluding tert-OH is 4. The lowest BCUT2D eigenvalue weighted by Gasteiger charge is -2.39. The van der Waals surface area contributed by atoms with E-state index in [0.29, 0.717) is 6.42 Å². The molecule has 6 atom stereocenters. The molecule has 1 heterocycles. The van der Waals surface area contributed by atoms with Crippen LogP contribution in [-0.2, 0) is 28.5 Å². The summed E-state index contributed by atoms with van der Waals surface area (Å²) < 4.78 is 22.1. The number of ether oxygens (including phenoxy) is 4. The largest absolute Gasteiger partial charge is 0.462 e. The summed E-state index contributed by atoms with van der Waals surface area (Å²) in [5.74, 6) is -0.850. The molecule has 1 fully saturated rings. The number of hydrogen-bond acceptors (Lipinski definition) is 10. The van der Waals surface area contributed by atoms with E-state index in [1.165, 1.54) is 96.3 Å². The van der Waals surface area contributed by atoms with Crippen LogP contribution in [0.3, 0.4) is 0 Å². The molecule has 0 amide bonds. The van der Waals surface area contributed by atoms with Gasteiger partial charge in [0.25, 0.3) is 0 Å². The highest BCUT2D eigenvalue weighted by Gasteiger charge is 2.44. The first-order valence-electron chi connectivity index (χ1n) is 22.3. The Morgan fingerprint density at radius 1 is 0.571 bits per heavy atom. The third kappa shape index (κ3) is 28.1. The van der Waals surface area contributed by atoms with E-state index in [1.54, 1.807) is 0 Å². The van der Waals surface area contributed by atoms with Crippen molar-refractivity contribution < 1.29 is 49.0 Å². The number of allylic oxidation sites excluding steroid dienone is 8. The lowest BCUT2D eigenvalue weighted by atomic mass is 9.99. The third-order valence-electron chi connectivity index (χ3n) is 10.1. The van der Waals surface area contributed by atoms with Crippen molar-refractivity contribution in [3.63, 3.8) is 0 Å². The molecular formula is C46H80O10. The maximum atomic E-state index is 12.7. The second-order valence-electron chi connectivity index (χ2n) is 15.2. The number of aliphatic hydroxyl groups is 4. The number of unbranched alkanes of at least 4 members (excludes halogenated alkanes) is 20. The molecule has 0 radical (unpaired) electrons. The van der Waals surface area contributed by atoms with E-state index >= 15 is 0 Å². The molecule has 0 aliphatic carbocycles. The van der Waals surface area contributed by atoms with Crippen LogP contribution in [-0.4, -0.2) is 89.0 Å². The van der Waals surface area contributed by atoms with E-state index < -0.39 is 49.4 Å². The summed E-state index contributed by atoms with van der Waals surface area (Å²) in [6.07, 6.45) is 35.5. The fraction of sp³-hybridized carbons (Fsp3) is 0.783. The van der Waals surface area contributed by atoms with Gasteiger partial charge in [0.05, 0.1) is 13.2 Å². The highest BCUT2D eigenvalue weighted by atomic mass is 16.7. The van der Waals surface area contributed by atoms with Gasteiger partial charge in [0.15, 0.2) is 12.4 Å². The first-order chi connectivity index (χ1) is 27.3. The molecule has 0 aromatic heterocycles.